The van der Waals surface area contributed by atoms with Crippen molar-refractivity contribution in [3.8, 4) is 0 Å². The van der Waals surface area contributed by atoms with Crippen molar-refractivity contribution in [2.24, 2.45) is 5.92 Å². The van der Waals surface area contributed by atoms with E-state index in [0.29, 0.717) is 11.3 Å². The van der Waals surface area contributed by atoms with Crippen LogP contribution < -0.4 is 0 Å². The molecule has 4 atom stereocenters. The fraction of sp³-hybridized carbons (Fsp3) is 0.455. The van der Waals surface area contributed by atoms with Crippen molar-refractivity contribution in [2.75, 3.05) is 6.61 Å². The topological polar surface area (TPSA) is 105 Å². The van der Waals surface area contributed by atoms with Gasteiger partial charge in [0.15, 0.2) is 5.60 Å². The van der Waals surface area contributed by atoms with Crippen LogP contribution in [0.1, 0.15) is 34.1 Å². The molecule has 0 aromatic rings. The molecule has 1 saturated heterocycles. The van der Waals surface area contributed by atoms with Gasteiger partial charge < -0.3 is 18.9 Å². The third-order valence-corrected chi connectivity index (χ3v) is 5.43. The van der Waals surface area contributed by atoms with Crippen LogP contribution in [0.25, 0.3) is 0 Å². The average Bonchev–Trinajstić information content (AvgIpc) is 3.10. The van der Waals surface area contributed by atoms with Gasteiger partial charge in [-0.2, -0.15) is 0 Å². The van der Waals surface area contributed by atoms with E-state index in [1.54, 1.807) is 19.9 Å². The van der Waals surface area contributed by atoms with E-state index in [2.05, 4.69) is 6.58 Å². The molecule has 8 heteroatoms. The third-order valence-electron chi connectivity index (χ3n) is 5.43. The first-order chi connectivity index (χ1) is 14.0. The Bertz CT molecular complexity index is 921. The normalized spacial score (nSPS) is 32.5. The van der Waals surface area contributed by atoms with Crippen LogP contribution in [0.2, 0.25) is 0 Å². The maximum absolute atomic E-state index is 12.7. The SMILES string of the molecule is C=C1C(=O)O[C@@H]2/C=C(\C)C3=CC(=O)[C@@](C)(C[C@@H](OC(=O)/C(C)=C/COC(C)=O)[C@@H]12)O3. The lowest BCUT2D eigenvalue weighted by Gasteiger charge is -2.31. The van der Waals surface area contributed by atoms with Gasteiger partial charge in [0.1, 0.15) is 24.6 Å². The molecule has 8 nitrogen and oxygen atoms in total. The Morgan fingerprint density at radius 2 is 2.03 bits per heavy atom. The van der Waals surface area contributed by atoms with Crippen molar-refractivity contribution in [3.05, 3.63) is 47.3 Å². The summed E-state index contributed by atoms with van der Waals surface area (Å²) in [6, 6.07) is 0. The third kappa shape index (κ3) is 4.08. The molecule has 0 aliphatic carbocycles. The Morgan fingerprint density at radius 1 is 1.33 bits per heavy atom. The molecule has 160 valence electrons. The van der Waals surface area contributed by atoms with Gasteiger partial charge in [-0.3, -0.25) is 9.59 Å². The maximum atomic E-state index is 12.7. The summed E-state index contributed by atoms with van der Waals surface area (Å²) in [5.74, 6) is -2.22. The van der Waals surface area contributed by atoms with Gasteiger partial charge in [0.25, 0.3) is 0 Å². The molecule has 0 radical (unpaired) electrons. The highest BCUT2D eigenvalue weighted by molar-refractivity contribution is 6.00. The van der Waals surface area contributed by atoms with Crippen molar-refractivity contribution < 1.29 is 38.1 Å². The summed E-state index contributed by atoms with van der Waals surface area (Å²) in [6.07, 6.45) is 2.93. The first-order valence-corrected chi connectivity index (χ1v) is 9.56. The number of ketones is 1. The van der Waals surface area contributed by atoms with Gasteiger partial charge >= 0.3 is 17.9 Å². The smallest absolute Gasteiger partial charge is 0.334 e. The summed E-state index contributed by atoms with van der Waals surface area (Å²) in [5, 5.41) is 0. The molecular formula is C22H24O8. The number of fused-ring (bicyclic) bond motifs is 3. The van der Waals surface area contributed by atoms with Crippen molar-refractivity contribution in [2.45, 2.75) is 51.9 Å². The van der Waals surface area contributed by atoms with Crippen LogP contribution in [0.5, 0.6) is 0 Å². The number of esters is 3. The van der Waals surface area contributed by atoms with Crippen molar-refractivity contribution in [1.29, 1.82) is 0 Å². The van der Waals surface area contributed by atoms with Gasteiger partial charge in [-0.15, -0.1) is 0 Å². The number of ether oxygens (including phenoxy) is 4. The Hall–Kier alpha value is -3.16. The number of carbonyl (C=O) groups excluding carboxylic acids is 4. The lowest BCUT2D eigenvalue weighted by molar-refractivity contribution is -0.153. The van der Waals surface area contributed by atoms with Crippen molar-refractivity contribution in [3.63, 3.8) is 0 Å². The summed E-state index contributed by atoms with van der Waals surface area (Å²) < 4.78 is 21.8. The Labute approximate surface area is 174 Å². The van der Waals surface area contributed by atoms with E-state index < -0.39 is 41.6 Å². The predicted octanol–water partition coefficient (Wildman–Crippen LogP) is 2.10. The highest BCUT2D eigenvalue weighted by atomic mass is 16.6. The Morgan fingerprint density at radius 3 is 2.70 bits per heavy atom. The number of rotatable bonds is 4. The molecule has 0 aromatic heterocycles. The molecular weight excluding hydrogens is 392 g/mol. The number of carbonyl (C=O) groups is 4. The average molecular weight is 416 g/mol. The van der Waals surface area contributed by atoms with E-state index in [1.165, 1.54) is 26.0 Å². The van der Waals surface area contributed by atoms with E-state index >= 15 is 0 Å². The summed E-state index contributed by atoms with van der Waals surface area (Å²) >= 11 is 0. The molecule has 2 bridgehead atoms. The Balaban J connectivity index is 1.91. The zero-order valence-electron chi connectivity index (χ0n) is 17.4. The van der Waals surface area contributed by atoms with Gasteiger partial charge in [-0.05, 0) is 38.5 Å². The molecule has 0 amide bonds. The van der Waals surface area contributed by atoms with Crippen LogP contribution in [-0.4, -0.2) is 48.1 Å². The quantitative estimate of drug-likeness (QED) is 0.390. The fourth-order valence-corrected chi connectivity index (χ4v) is 3.66. The summed E-state index contributed by atoms with van der Waals surface area (Å²) in [7, 11) is 0. The summed E-state index contributed by atoms with van der Waals surface area (Å²) in [4.78, 5) is 48.3. The highest BCUT2D eigenvalue weighted by Gasteiger charge is 2.51. The molecule has 3 rings (SSSR count). The second-order valence-electron chi connectivity index (χ2n) is 7.81. The highest BCUT2D eigenvalue weighted by Crippen LogP contribution is 2.42. The molecule has 0 aromatic carbocycles. The first-order valence-electron chi connectivity index (χ1n) is 9.56. The van der Waals surface area contributed by atoms with Crippen LogP contribution in [0.3, 0.4) is 0 Å². The Kier molecular flexibility index (Phi) is 5.70. The van der Waals surface area contributed by atoms with E-state index in [-0.39, 0.29) is 30.0 Å². The zero-order chi connectivity index (χ0) is 22.2. The second-order valence-corrected chi connectivity index (χ2v) is 7.81. The van der Waals surface area contributed by atoms with Crippen LogP contribution in [0.15, 0.2) is 47.3 Å². The molecule has 3 heterocycles. The molecule has 0 spiro atoms. The fourth-order valence-electron chi connectivity index (χ4n) is 3.66. The van der Waals surface area contributed by atoms with Crippen LogP contribution in [0.4, 0.5) is 0 Å². The number of hydrogen-bond acceptors (Lipinski definition) is 8. The second kappa shape index (κ2) is 7.93. The number of allylic oxidation sites excluding steroid dienone is 1. The minimum atomic E-state index is -1.24. The van der Waals surface area contributed by atoms with Gasteiger partial charge in [0, 0.05) is 30.6 Å². The van der Waals surface area contributed by atoms with Gasteiger partial charge in [0.05, 0.1) is 5.92 Å². The van der Waals surface area contributed by atoms with Gasteiger partial charge in [0.2, 0.25) is 5.78 Å². The molecule has 0 unspecified atom stereocenters. The molecule has 3 aliphatic rings. The van der Waals surface area contributed by atoms with Crippen molar-refractivity contribution >= 4 is 23.7 Å². The van der Waals surface area contributed by atoms with E-state index in [0.717, 1.165) is 0 Å². The van der Waals surface area contributed by atoms with E-state index in [4.69, 9.17) is 18.9 Å². The van der Waals surface area contributed by atoms with Crippen molar-refractivity contribution in [1.82, 2.24) is 0 Å². The van der Waals surface area contributed by atoms with Gasteiger partial charge in [-0.1, -0.05) is 6.58 Å². The molecule has 0 N–H and O–H groups in total. The lowest BCUT2D eigenvalue weighted by atomic mass is 9.82. The van der Waals surface area contributed by atoms with E-state index in [1.807, 2.05) is 0 Å². The zero-order valence-corrected chi connectivity index (χ0v) is 17.4. The van der Waals surface area contributed by atoms with Crippen LogP contribution in [0, 0.1) is 5.92 Å². The van der Waals surface area contributed by atoms with Crippen LogP contribution >= 0.6 is 0 Å². The molecule has 30 heavy (non-hydrogen) atoms. The van der Waals surface area contributed by atoms with Gasteiger partial charge in [-0.25, -0.2) is 9.59 Å². The monoisotopic (exact) mass is 416 g/mol. The number of hydrogen-bond donors (Lipinski definition) is 0. The minimum Gasteiger partial charge on any atom is -0.479 e. The largest absolute Gasteiger partial charge is 0.479 e. The maximum Gasteiger partial charge on any atom is 0.334 e. The lowest BCUT2D eigenvalue weighted by Crippen LogP contribution is -2.42. The minimum absolute atomic E-state index is 0.0206. The van der Waals surface area contributed by atoms with E-state index in [9.17, 15) is 19.2 Å². The first kappa shape index (κ1) is 21.5. The molecule has 3 aliphatic heterocycles. The standard InChI is InChI=1S/C22H24O8/c1-11(6-7-27-14(4)23)20(25)29-17-10-22(5)18(24)9-15(30-22)12(2)8-16-19(17)13(3)21(26)28-16/h6,8-9,16-17,19H,3,7,10H2,1-2,4-5H3/b11-6+,12-8+/t16-,17-,19+,22-/m1/s1. The van der Waals surface area contributed by atoms with Crippen LogP contribution in [-0.2, 0) is 38.1 Å². The molecule has 1 fully saturated rings. The molecule has 0 saturated carbocycles. The summed E-state index contributed by atoms with van der Waals surface area (Å²) in [5.41, 5.74) is -0.205. The predicted molar refractivity (Wildman–Crippen MR) is 104 cm³/mol. The summed E-state index contributed by atoms with van der Waals surface area (Å²) in [6.45, 7) is 9.90.